The fourth-order valence-electron chi connectivity index (χ4n) is 1.32. The van der Waals surface area contributed by atoms with Crippen molar-refractivity contribution >= 4 is 11.9 Å². The molecule has 1 aliphatic rings. The Labute approximate surface area is 81.9 Å². The van der Waals surface area contributed by atoms with E-state index >= 15 is 0 Å². The van der Waals surface area contributed by atoms with E-state index in [9.17, 15) is 9.59 Å². The van der Waals surface area contributed by atoms with Crippen LogP contribution in [0.3, 0.4) is 0 Å². The molecule has 1 N–H and O–H groups in total. The number of hydrogen-bond donors (Lipinski definition) is 1. The van der Waals surface area contributed by atoms with Crippen LogP contribution in [0.5, 0.6) is 0 Å². The lowest BCUT2D eigenvalue weighted by Gasteiger charge is -2.20. The smallest absolute Gasteiger partial charge is 0.345 e. The molecule has 14 heavy (non-hydrogen) atoms. The lowest BCUT2D eigenvalue weighted by Crippen LogP contribution is -2.33. The molecule has 0 amide bonds. The van der Waals surface area contributed by atoms with Crippen molar-refractivity contribution in [2.24, 2.45) is 5.92 Å². The number of aliphatic carboxylic acids is 1. The van der Waals surface area contributed by atoms with Crippen molar-refractivity contribution < 1.29 is 19.4 Å². The molecule has 0 aromatic heterocycles. The molecule has 0 aromatic rings. The van der Waals surface area contributed by atoms with Gasteiger partial charge in [-0.15, -0.1) is 0 Å². The first-order chi connectivity index (χ1) is 6.61. The summed E-state index contributed by atoms with van der Waals surface area (Å²) in [6, 6.07) is 0. The maximum absolute atomic E-state index is 10.8. The lowest BCUT2D eigenvalue weighted by molar-refractivity contribution is -0.165. The Bertz CT molecular complexity index is 290. The molecule has 0 heterocycles. The van der Waals surface area contributed by atoms with Gasteiger partial charge in [0.25, 0.3) is 0 Å². The van der Waals surface area contributed by atoms with Crippen LogP contribution >= 0.6 is 0 Å². The number of carbonyl (C=O) groups is 2. The number of carbonyl (C=O) groups excluding carboxylic acids is 1. The van der Waals surface area contributed by atoms with E-state index in [1.54, 1.807) is 12.2 Å². The molecule has 4 heteroatoms. The summed E-state index contributed by atoms with van der Waals surface area (Å²) in [4.78, 5) is 21.5. The molecule has 0 saturated heterocycles. The molecule has 0 radical (unpaired) electrons. The van der Waals surface area contributed by atoms with Crippen LogP contribution in [-0.2, 0) is 14.3 Å². The van der Waals surface area contributed by atoms with Gasteiger partial charge in [0, 0.05) is 12.8 Å². The van der Waals surface area contributed by atoms with Crippen molar-refractivity contribution in [2.45, 2.75) is 19.4 Å². The monoisotopic (exact) mass is 196 g/mol. The zero-order valence-corrected chi connectivity index (χ0v) is 7.84. The van der Waals surface area contributed by atoms with E-state index in [2.05, 4.69) is 0 Å². The largest absolute Gasteiger partial charge is 0.478 e. The standard InChI is InChI=1S/C10H12O4/c1-7(11)14-9(10(12)13)8-5-3-2-4-6-8/h2-5,8-9H,6H2,1H3,(H,12,13)/t8?,9-/m0/s1. The number of carboxylic acid groups (broad SMARTS) is 1. The van der Waals surface area contributed by atoms with Crippen molar-refractivity contribution in [3.05, 3.63) is 24.3 Å². The van der Waals surface area contributed by atoms with E-state index in [4.69, 9.17) is 9.84 Å². The minimum absolute atomic E-state index is 0.263. The number of allylic oxidation sites excluding steroid dienone is 3. The van der Waals surface area contributed by atoms with E-state index in [1.807, 2.05) is 12.2 Å². The third-order valence-electron chi connectivity index (χ3n) is 1.94. The number of esters is 1. The van der Waals surface area contributed by atoms with Gasteiger partial charge in [0.2, 0.25) is 6.10 Å². The molecule has 4 nitrogen and oxygen atoms in total. The summed E-state index contributed by atoms with van der Waals surface area (Å²) >= 11 is 0. The third kappa shape index (κ3) is 2.73. The predicted octanol–water partition coefficient (Wildman–Crippen LogP) is 1.14. The van der Waals surface area contributed by atoms with Gasteiger partial charge in [0.05, 0.1) is 0 Å². The van der Waals surface area contributed by atoms with Gasteiger partial charge >= 0.3 is 11.9 Å². The molecule has 76 valence electrons. The van der Waals surface area contributed by atoms with Crippen LogP contribution in [0.25, 0.3) is 0 Å². The van der Waals surface area contributed by atoms with Gasteiger partial charge in [-0.3, -0.25) is 4.79 Å². The summed E-state index contributed by atoms with van der Waals surface area (Å²) in [6.07, 6.45) is 6.69. The molecule has 2 atom stereocenters. The first kappa shape index (κ1) is 10.5. The first-order valence-electron chi connectivity index (χ1n) is 4.34. The molecule has 0 fully saturated rings. The van der Waals surface area contributed by atoms with Gasteiger partial charge < -0.3 is 9.84 Å². The number of hydrogen-bond acceptors (Lipinski definition) is 3. The van der Waals surface area contributed by atoms with Gasteiger partial charge in [-0.25, -0.2) is 4.79 Å². The Balaban J connectivity index is 2.67. The summed E-state index contributed by atoms with van der Waals surface area (Å²) in [6.45, 7) is 1.21. The second-order valence-electron chi connectivity index (χ2n) is 3.08. The average molecular weight is 196 g/mol. The van der Waals surface area contributed by atoms with Gasteiger partial charge in [-0.2, -0.15) is 0 Å². The van der Waals surface area contributed by atoms with E-state index in [0.717, 1.165) is 0 Å². The molecular weight excluding hydrogens is 184 g/mol. The molecule has 0 spiro atoms. The topological polar surface area (TPSA) is 63.6 Å². The normalized spacial score (nSPS) is 21.6. The number of rotatable bonds is 3. The van der Waals surface area contributed by atoms with Crippen LogP contribution in [0.4, 0.5) is 0 Å². The van der Waals surface area contributed by atoms with Crippen molar-refractivity contribution in [1.29, 1.82) is 0 Å². The highest BCUT2D eigenvalue weighted by molar-refractivity contribution is 5.77. The highest BCUT2D eigenvalue weighted by atomic mass is 16.6. The SMILES string of the molecule is CC(=O)O[C@H](C(=O)O)C1C=CC=CC1. The van der Waals surface area contributed by atoms with Gasteiger partial charge in [-0.05, 0) is 6.42 Å². The molecule has 1 aliphatic carbocycles. The van der Waals surface area contributed by atoms with Crippen molar-refractivity contribution in [2.75, 3.05) is 0 Å². The predicted molar refractivity (Wildman–Crippen MR) is 49.6 cm³/mol. The molecular formula is C10H12O4. The second-order valence-corrected chi connectivity index (χ2v) is 3.08. The quantitative estimate of drug-likeness (QED) is 0.687. The Morgan fingerprint density at radius 2 is 2.21 bits per heavy atom. The van der Waals surface area contributed by atoms with Gasteiger partial charge in [0.15, 0.2) is 0 Å². The molecule has 0 aromatic carbocycles. The maximum atomic E-state index is 10.8. The van der Waals surface area contributed by atoms with Gasteiger partial charge in [-0.1, -0.05) is 24.3 Å². The van der Waals surface area contributed by atoms with E-state index < -0.39 is 18.0 Å². The Morgan fingerprint density at radius 3 is 2.64 bits per heavy atom. The maximum Gasteiger partial charge on any atom is 0.345 e. The molecule has 0 saturated carbocycles. The summed E-state index contributed by atoms with van der Waals surface area (Å²) in [7, 11) is 0. The van der Waals surface area contributed by atoms with Crippen molar-refractivity contribution in [1.82, 2.24) is 0 Å². The third-order valence-corrected chi connectivity index (χ3v) is 1.94. The number of carboxylic acids is 1. The number of ether oxygens (including phenoxy) is 1. The van der Waals surface area contributed by atoms with E-state index in [0.29, 0.717) is 6.42 Å². The Kier molecular flexibility index (Phi) is 3.45. The summed E-state index contributed by atoms with van der Waals surface area (Å²) in [5, 5.41) is 8.84. The summed E-state index contributed by atoms with van der Waals surface area (Å²) in [5.74, 6) is -1.94. The first-order valence-corrected chi connectivity index (χ1v) is 4.34. The second kappa shape index (κ2) is 4.60. The molecule has 0 bridgehead atoms. The molecule has 0 aliphatic heterocycles. The highest BCUT2D eigenvalue weighted by Gasteiger charge is 2.28. The average Bonchev–Trinajstić information content (AvgIpc) is 2.15. The van der Waals surface area contributed by atoms with Crippen molar-refractivity contribution in [3.63, 3.8) is 0 Å². The lowest BCUT2D eigenvalue weighted by atomic mass is 9.95. The molecule has 1 unspecified atom stereocenters. The fraction of sp³-hybridized carbons (Fsp3) is 0.400. The van der Waals surface area contributed by atoms with Crippen molar-refractivity contribution in [3.8, 4) is 0 Å². The van der Waals surface area contributed by atoms with Crippen LogP contribution in [0.15, 0.2) is 24.3 Å². The minimum atomic E-state index is -1.11. The van der Waals surface area contributed by atoms with E-state index in [-0.39, 0.29) is 5.92 Å². The van der Waals surface area contributed by atoms with Gasteiger partial charge in [0.1, 0.15) is 0 Å². The highest BCUT2D eigenvalue weighted by Crippen LogP contribution is 2.18. The van der Waals surface area contributed by atoms with Crippen LogP contribution in [0.2, 0.25) is 0 Å². The van der Waals surface area contributed by atoms with Crippen LogP contribution in [0, 0.1) is 5.92 Å². The minimum Gasteiger partial charge on any atom is -0.478 e. The summed E-state index contributed by atoms with van der Waals surface area (Å²) in [5.41, 5.74) is 0. The fourth-order valence-corrected chi connectivity index (χ4v) is 1.32. The van der Waals surface area contributed by atoms with Crippen LogP contribution in [0.1, 0.15) is 13.3 Å². The van der Waals surface area contributed by atoms with Crippen LogP contribution < -0.4 is 0 Å². The summed E-state index contributed by atoms with van der Waals surface area (Å²) < 4.78 is 4.73. The molecule has 1 rings (SSSR count). The zero-order valence-electron chi connectivity index (χ0n) is 7.84. The van der Waals surface area contributed by atoms with E-state index in [1.165, 1.54) is 6.92 Å². The Hall–Kier alpha value is -1.58. The Morgan fingerprint density at radius 1 is 1.50 bits per heavy atom. The zero-order chi connectivity index (χ0) is 10.6. The van der Waals surface area contributed by atoms with Crippen LogP contribution in [-0.4, -0.2) is 23.1 Å².